The first-order valence-electron chi connectivity index (χ1n) is 12.1. The van der Waals surface area contributed by atoms with E-state index < -0.39 is 32.5 Å². The zero-order chi connectivity index (χ0) is 28.5. The van der Waals surface area contributed by atoms with Crippen LogP contribution in [0.5, 0.6) is 11.5 Å². The van der Waals surface area contributed by atoms with E-state index in [-0.39, 0.29) is 15.5 Å². The van der Waals surface area contributed by atoms with E-state index in [0.717, 1.165) is 14.2 Å². The number of carbonyl (C=O) groups is 1. The molecule has 3 aromatic rings. The molecule has 1 aliphatic heterocycles. The summed E-state index contributed by atoms with van der Waals surface area (Å²) in [5.41, 5.74) is 2.53. The van der Waals surface area contributed by atoms with E-state index in [0.29, 0.717) is 35.7 Å². The van der Waals surface area contributed by atoms with Crippen molar-refractivity contribution in [2.24, 2.45) is 0 Å². The van der Waals surface area contributed by atoms with E-state index in [1.54, 1.807) is 36.4 Å². The Kier molecular flexibility index (Phi) is 7.92. The predicted molar refractivity (Wildman–Crippen MR) is 149 cm³/mol. The average molecular weight is 574 g/mol. The molecule has 0 bridgehead atoms. The quantitative estimate of drug-likeness (QED) is 0.387. The summed E-state index contributed by atoms with van der Waals surface area (Å²) in [6.45, 7) is 1.72. The van der Waals surface area contributed by atoms with Crippen LogP contribution in [0, 0.1) is 6.92 Å². The maximum atomic E-state index is 13.9. The van der Waals surface area contributed by atoms with Gasteiger partial charge in [-0.1, -0.05) is 17.7 Å². The van der Waals surface area contributed by atoms with E-state index in [1.807, 2.05) is 6.92 Å². The molecule has 12 heteroatoms. The Labute approximate surface area is 229 Å². The van der Waals surface area contributed by atoms with Crippen molar-refractivity contribution < 1.29 is 31.1 Å². The first-order valence-corrected chi connectivity index (χ1v) is 15.0. The van der Waals surface area contributed by atoms with Gasteiger partial charge < -0.3 is 14.4 Å². The smallest absolute Gasteiger partial charge is 0.264 e. The molecule has 3 aromatic carbocycles. The second-order valence-electron chi connectivity index (χ2n) is 9.24. The summed E-state index contributed by atoms with van der Waals surface area (Å²) in [6.07, 6.45) is 0.449. The van der Waals surface area contributed by atoms with Gasteiger partial charge in [-0.15, -0.1) is 0 Å². The number of hydrogen-bond donors (Lipinski definition) is 0. The summed E-state index contributed by atoms with van der Waals surface area (Å²) in [5, 5.41) is 0. The highest BCUT2D eigenvalue weighted by Crippen LogP contribution is 2.34. The molecule has 0 aromatic heterocycles. The Morgan fingerprint density at radius 3 is 2.08 bits per heavy atom. The zero-order valence-electron chi connectivity index (χ0n) is 22.4. The van der Waals surface area contributed by atoms with Gasteiger partial charge in [0.2, 0.25) is 15.9 Å². The number of methoxy groups -OCH3 is 2. The number of anilines is 2. The number of sulfonamides is 2. The van der Waals surface area contributed by atoms with E-state index in [1.165, 1.54) is 57.5 Å². The first-order chi connectivity index (χ1) is 18.4. The van der Waals surface area contributed by atoms with Crippen molar-refractivity contribution in [2.45, 2.75) is 23.1 Å². The van der Waals surface area contributed by atoms with Crippen LogP contribution in [0.25, 0.3) is 0 Å². The molecule has 1 heterocycles. The van der Waals surface area contributed by atoms with E-state index in [4.69, 9.17) is 9.47 Å². The normalized spacial score (nSPS) is 13.3. The minimum atomic E-state index is -4.20. The molecule has 4 rings (SSSR count). The lowest BCUT2D eigenvalue weighted by molar-refractivity contribution is -0.117. The molecule has 0 radical (unpaired) electrons. The van der Waals surface area contributed by atoms with Crippen molar-refractivity contribution in [3.05, 3.63) is 71.8 Å². The van der Waals surface area contributed by atoms with Crippen molar-refractivity contribution in [3.8, 4) is 11.5 Å². The molecule has 0 N–H and O–H groups in total. The SMILES string of the molecule is COc1ccc(S(=O)(=O)N(CC(=O)N2CCc3cc(S(=O)(=O)N(C)C)ccc32)c2ccc(C)cc2)cc1OC. The van der Waals surface area contributed by atoms with Crippen LogP contribution in [0.2, 0.25) is 0 Å². The van der Waals surface area contributed by atoms with Gasteiger partial charge >= 0.3 is 0 Å². The van der Waals surface area contributed by atoms with Gasteiger partial charge in [0.1, 0.15) is 6.54 Å². The number of nitrogens with zero attached hydrogens (tertiary/aromatic N) is 3. The molecular weight excluding hydrogens is 542 g/mol. The molecule has 39 heavy (non-hydrogen) atoms. The standard InChI is InChI=1S/C27H31N3O7S2/c1-19-6-8-21(9-7-19)30(39(34,35)23-11-13-25(36-4)26(17-23)37-5)18-27(31)29-15-14-20-16-22(10-12-24(20)29)38(32,33)28(2)3/h6-13,16-17H,14-15,18H2,1-5H3. The molecule has 208 valence electrons. The molecule has 0 unspecified atom stereocenters. The van der Waals surface area contributed by atoms with Crippen molar-refractivity contribution >= 4 is 37.3 Å². The average Bonchev–Trinajstić information content (AvgIpc) is 3.35. The third-order valence-electron chi connectivity index (χ3n) is 6.57. The van der Waals surface area contributed by atoms with Gasteiger partial charge in [0.15, 0.2) is 11.5 Å². The maximum Gasteiger partial charge on any atom is 0.264 e. The first kappa shape index (κ1) is 28.4. The van der Waals surface area contributed by atoms with Crippen LogP contribution in [0.1, 0.15) is 11.1 Å². The van der Waals surface area contributed by atoms with E-state index in [9.17, 15) is 21.6 Å². The van der Waals surface area contributed by atoms with Crippen LogP contribution >= 0.6 is 0 Å². The molecule has 0 aliphatic carbocycles. The summed E-state index contributed by atoms with van der Waals surface area (Å²) in [4.78, 5) is 15.2. The number of rotatable bonds is 9. The third kappa shape index (κ3) is 5.45. The van der Waals surface area contributed by atoms with Crippen molar-refractivity contribution in [2.75, 3.05) is 50.6 Å². The molecule has 1 aliphatic rings. The van der Waals surface area contributed by atoms with E-state index in [2.05, 4.69) is 0 Å². The van der Waals surface area contributed by atoms with E-state index >= 15 is 0 Å². The van der Waals surface area contributed by atoms with Crippen LogP contribution < -0.4 is 18.7 Å². The number of aryl methyl sites for hydroxylation is 1. The monoisotopic (exact) mass is 573 g/mol. The van der Waals surface area contributed by atoms with Gasteiger partial charge in [0, 0.05) is 32.4 Å². The Bertz CT molecular complexity index is 1600. The molecule has 0 atom stereocenters. The summed E-state index contributed by atoms with van der Waals surface area (Å²) < 4.78 is 65.6. The fourth-order valence-corrected chi connectivity index (χ4v) is 6.73. The number of carbonyl (C=O) groups excluding carboxylic acids is 1. The lowest BCUT2D eigenvalue weighted by atomic mass is 10.2. The predicted octanol–water partition coefficient (Wildman–Crippen LogP) is 3.05. The summed E-state index contributed by atoms with van der Waals surface area (Å²) in [6, 6.07) is 15.7. The Morgan fingerprint density at radius 1 is 0.846 bits per heavy atom. The molecular formula is C27H31N3O7S2. The lowest BCUT2D eigenvalue weighted by Gasteiger charge is -2.27. The van der Waals surface area contributed by atoms with Crippen LogP contribution in [0.3, 0.4) is 0 Å². The molecule has 0 spiro atoms. The number of fused-ring (bicyclic) bond motifs is 1. The second kappa shape index (κ2) is 10.9. The Hall–Kier alpha value is -3.61. The number of benzene rings is 3. The van der Waals surface area contributed by atoms with Gasteiger partial charge in [-0.25, -0.2) is 21.1 Å². The van der Waals surface area contributed by atoms with Gasteiger partial charge in [0.05, 0.1) is 29.7 Å². The lowest BCUT2D eigenvalue weighted by Crippen LogP contribution is -2.42. The van der Waals surface area contributed by atoms with Crippen molar-refractivity contribution in [1.29, 1.82) is 0 Å². The van der Waals surface area contributed by atoms with Crippen molar-refractivity contribution in [1.82, 2.24) is 4.31 Å². The summed E-state index contributed by atoms with van der Waals surface area (Å²) in [7, 11) is -2.05. The highest BCUT2D eigenvalue weighted by molar-refractivity contribution is 7.92. The summed E-state index contributed by atoms with van der Waals surface area (Å²) in [5.74, 6) is 0.172. The number of ether oxygens (including phenoxy) is 2. The number of hydrogen-bond acceptors (Lipinski definition) is 7. The Balaban J connectivity index is 1.70. The topological polar surface area (TPSA) is 114 Å². The molecule has 0 saturated heterocycles. The molecule has 10 nitrogen and oxygen atoms in total. The van der Waals surface area contributed by atoms with Crippen LogP contribution in [0.4, 0.5) is 11.4 Å². The second-order valence-corrected chi connectivity index (χ2v) is 13.3. The van der Waals surface area contributed by atoms with Crippen LogP contribution in [0.15, 0.2) is 70.5 Å². The molecule has 0 saturated carbocycles. The molecule has 1 amide bonds. The van der Waals surface area contributed by atoms with Crippen LogP contribution in [-0.4, -0.2) is 68.5 Å². The number of amides is 1. The van der Waals surface area contributed by atoms with Gasteiger partial charge in [-0.05, 0) is 61.4 Å². The van der Waals surface area contributed by atoms with Gasteiger partial charge in [-0.3, -0.25) is 9.10 Å². The highest BCUT2D eigenvalue weighted by atomic mass is 32.2. The zero-order valence-corrected chi connectivity index (χ0v) is 24.0. The summed E-state index contributed by atoms with van der Waals surface area (Å²) >= 11 is 0. The van der Waals surface area contributed by atoms with Gasteiger partial charge in [0.25, 0.3) is 10.0 Å². The van der Waals surface area contributed by atoms with Crippen LogP contribution in [-0.2, 0) is 31.3 Å². The third-order valence-corrected chi connectivity index (χ3v) is 10.2. The fraction of sp³-hybridized carbons (Fsp3) is 0.296. The maximum absolute atomic E-state index is 13.9. The van der Waals surface area contributed by atoms with Gasteiger partial charge in [-0.2, -0.15) is 0 Å². The minimum absolute atomic E-state index is 0.0612. The minimum Gasteiger partial charge on any atom is -0.493 e. The Morgan fingerprint density at radius 2 is 1.46 bits per heavy atom. The van der Waals surface area contributed by atoms with Crippen molar-refractivity contribution in [3.63, 3.8) is 0 Å². The fourth-order valence-electron chi connectivity index (χ4n) is 4.35. The largest absolute Gasteiger partial charge is 0.493 e. The highest BCUT2D eigenvalue weighted by Gasteiger charge is 2.33. The molecule has 0 fully saturated rings.